The topological polar surface area (TPSA) is 29.3 Å². The van der Waals surface area contributed by atoms with E-state index in [1.54, 1.807) is 0 Å². The Morgan fingerprint density at radius 2 is 1.02 bits per heavy atom. The fourth-order valence-corrected chi connectivity index (χ4v) is 9.72. The molecule has 0 aliphatic heterocycles. The third kappa shape index (κ3) is 4.07. The summed E-state index contributed by atoms with van der Waals surface area (Å²) in [5, 5.41) is 4.30. The zero-order valence-corrected chi connectivity index (χ0v) is 29.8. The normalized spacial score (nSPS) is 13.2. The van der Waals surface area contributed by atoms with Gasteiger partial charge in [0.25, 0.3) is 0 Å². The van der Waals surface area contributed by atoms with E-state index in [0.29, 0.717) is 0 Å². The van der Waals surface area contributed by atoms with Gasteiger partial charge in [-0.25, -0.2) is 0 Å². The second kappa shape index (κ2) is 11.4. The molecule has 3 heteroatoms. The summed E-state index contributed by atoms with van der Waals surface area (Å²) in [6, 6.07) is 66.1. The van der Waals surface area contributed by atoms with Crippen molar-refractivity contribution in [3.63, 3.8) is 0 Å². The predicted octanol–water partition coefficient (Wildman–Crippen LogP) is 13.6. The van der Waals surface area contributed by atoms with Gasteiger partial charge in [0.05, 0.1) is 17.3 Å². The van der Waals surface area contributed by atoms with Crippen LogP contribution in [0.4, 0.5) is 17.1 Å². The van der Waals surface area contributed by atoms with Crippen LogP contribution in [-0.2, 0) is 5.41 Å². The quantitative estimate of drug-likeness (QED) is 0.183. The number of rotatable bonds is 4. The number of hydrogen-bond acceptors (Lipinski definition) is 3. The molecule has 2 aliphatic carbocycles. The number of fused-ring (bicyclic) bond motifs is 15. The molecule has 0 radical (unpaired) electrons. The van der Waals surface area contributed by atoms with Crippen molar-refractivity contribution in [2.24, 2.45) is 0 Å². The molecule has 0 N–H and O–H groups in total. The molecule has 1 spiro atoms. The lowest BCUT2D eigenvalue weighted by atomic mass is 9.70. The summed E-state index contributed by atoms with van der Waals surface area (Å²) in [5.74, 6) is 0. The summed E-state index contributed by atoms with van der Waals surface area (Å²) in [5.41, 5.74) is 16.9. The molecular weight excluding hydrogens is 669 g/mol. The van der Waals surface area contributed by atoms with Crippen LogP contribution in [0, 0.1) is 0 Å². The average molecular weight is 701 g/mol. The molecule has 0 bridgehead atoms. The summed E-state index contributed by atoms with van der Waals surface area (Å²) < 4.78 is 7.01. The van der Waals surface area contributed by atoms with Gasteiger partial charge >= 0.3 is 0 Å². The van der Waals surface area contributed by atoms with E-state index in [1.165, 1.54) is 50.1 Å². The molecule has 12 rings (SSSR count). The van der Waals surface area contributed by atoms with E-state index in [2.05, 4.69) is 187 Å². The molecule has 10 aromatic rings. The summed E-state index contributed by atoms with van der Waals surface area (Å²) >= 11 is 0. The van der Waals surface area contributed by atoms with Crippen molar-refractivity contribution in [3.8, 4) is 33.4 Å². The highest BCUT2D eigenvalue weighted by atomic mass is 16.3. The molecule has 2 heterocycles. The van der Waals surface area contributed by atoms with Gasteiger partial charge in [-0.15, -0.1) is 0 Å². The van der Waals surface area contributed by atoms with Gasteiger partial charge in [0, 0.05) is 33.6 Å². The van der Waals surface area contributed by atoms with Crippen LogP contribution in [0.1, 0.15) is 22.3 Å². The molecule has 55 heavy (non-hydrogen) atoms. The van der Waals surface area contributed by atoms with E-state index < -0.39 is 5.41 Å². The first-order valence-corrected chi connectivity index (χ1v) is 18.9. The highest BCUT2D eigenvalue weighted by Crippen LogP contribution is 2.64. The molecule has 0 amide bonds. The summed E-state index contributed by atoms with van der Waals surface area (Å²) in [6.07, 6.45) is 3.91. The van der Waals surface area contributed by atoms with Gasteiger partial charge in [0.2, 0.25) is 0 Å². The molecule has 0 atom stereocenters. The Kier molecular flexibility index (Phi) is 6.26. The van der Waals surface area contributed by atoms with Gasteiger partial charge in [-0.05, 0) is 79.7 Å². The van der Waals surface area contributed by atoms with E-state index in [4.69, 9.17) is 9.40 Å². The maximum Gasteiger partial charge on any atom is 0.162 e. The maximum atomic E-state index is 7.01. The molecule has 3 nitrogen and oxygen atoms in total. The molecule has 2 aliphatic rings. The third-order valence-corrected chi connectivity index (χ3v) is 12.0. The highest BCUT2D eigenvalue weighted by molar-refractivity contribution is 6.17. The van der Waals surface area contributed by atoms with Crippen LogP contribution in [0.2, 0.25) is 0 Å². The van der Waals surface area contributed by atoms with Crippen LogP contribution < -0.4 is 4.90 Å². The SMILES string of the molecule is c1ccc(-c2ccc(N(c3cccc4c3-c3ccccc3C43c4ccccc4-c4ccccc43)c3cncc4c3oc3c5ccccc5ccc43)cc2)cc1. The lowest BCUT2D eigenvalue weighted by Crippen LogP contribution is -2.26. The molecule has 0 saturated carbocycles. The number of aromatic nitrogens is 1. The molecule has 0 unspecified atom stereocenters. The van der Waals surface area contributed by atoms with Gasteiger partial charge < -0.3 is 9.32 Å². The average Bonchev–Trinajstić information content (AvgIpc) is 3.90. The first kappa shape index (κ1) is 30.3. The molecular formula is C52H32N2O. The Hall–Kier alpha value is -7.23. The van der Waals surface area contributed by atoms with E-state index in [-0.39, 0.29) is 0 Å². The van der Waals surface area contributed by atoms with Gasteiger partial charge in [-0.3, -0.25) is 4.98 Å². The molecule has 8 aromatic carbocycles. The van der Waals surface area contributed by atoms with Crippen molar-refractivity contribution in [1.29, 1.82) is 0 Å². The second-order valence-corrected chi connectivity index (χ2v) is 14.6. The Balaban J connectivity index is 1.17. The van der Waals surface area contributed by atoms with Crippen molar-refractivity contribution < 1.29 is 4.42 Å². The van der Waals surface area contributed by atoms with Crippen LogP contribution in [0.3, 0.4) is 0 Å². The van der Waals surface area contributed by atoms with Crippen molar-refractivity contribution in [3.05, 3.63) is 217 Å². The van der Waals surface area contributed by atoms with E-state index in [1.807, 2.05) is 12.4 Å². The molecule has 0 saturated heterocycles. The first-order chi connectivity index (χ1) is 27.3. The van der Waals surface area contributed by atoms with Crippen LogP contribution >= 0.6 is 0 Å². The monoisotopic (exact) mass is 700 g/mol. The number of furan rings is 1. The zero-order chi connectivity index (χ0) is 36.1. The molecule has 2 aromatic heterocycles. The number of pyridine rings is 1. The number of hydrogen-bond donors (Lipinski definition) is 0. The minimum atomic E-state index is -0.458. The largest absolute Gasteiger partial charge is 0.453 e. The zero-order valence-electron chi connectivity index (χ0n) is 29.8. The van der Waals surface area contributed by atoms with Crippen molar-refractivity contribution in [2.75, 3.05) is 4.90 Å². The van der Waals surface area contributed by atoms with Crippen LogP contribution in [0.25, 0.3) is 66.1 Å². The van der Waals surface area contributed by atoms with Crippen LogP contribution in [-0.4, -0.2) is 4.98 Å². The minimum Gasteiger partial charge on any atom is -0.453 e. The summed E-state index contributed by atoms with van der Waals surface area (Å²) in [7, 11) is 0. The predicted molar refractivity (Wildman–Crippen MR) is 225 cm³/mol. The minimum absolute atomic E-state index is 0.458. The lowest BCUT2D eigenvalue weighted by molar-refractivity contribution is 0.672. The maximum absolute atomic E-state index is 7.01. The summed E-state index contributed by atoms with van der Waals surface area (Å²) in [6.45, 7) is 0. The lowest BCUT2D eigenvalue weighted by Gasteiger charge is -2.31. The summed E-state index contributed by atoms with van der Waals surface area (Å²) in [4.78, 5) is 7.29. The Morgan fingerprint density at radius 1 is 0.400 bits per heavy atom. The highest BCUT2D eigenvalue weighted by Gasteiger charge is 2.52. The Morgan fingerprint density at radius 3 is 1.78 bits per heavy atom. The van der Waals surface area contributed by atoms with Gasteiger partial charge in [0.15, 0.2) is 5.58 Å². The van der Waals surface area contributed by atoms with Gasteiger partial charge in [0.1, 0.15) is 11.3 Å². The van der Waals surface area contributed by atoms with E-state index in [0.717, 1.165) is 55.3 Å². The van der Waals surface area contributed by atoms with Crippen LogP contribution in [0.5, 0.6) is 0 Å². The Bertz CT molecular complexity index is 3110. The van der Waals surface area contributed by atoms with E-state index in [9.17, 15) is 0 Å². The number of anilines is 3. The number of benzene rings is 8. The fraction of sp³-hybridized carbons (Fsp3) is 0.0192. The third-order valence-electron chi connectivity index (χ3n) is 12.0. The van der Waals surface area contributed by atoms with Gasteiger partial charge in [-0.2, -0.15) is 0 Å². The number of nitrogens with zero attached hydrogens (tertiary/aromatic N) is 2. The molecule has 0 fully saturated rings. The van der Waals surface area contributed by atoms with Crippen LogP contribution in [0.15, 0.2) is 199 Å². The Labute approximate surface area is 318 Å². The first-order valence-electron chi connectivity index (χ1n) is 18.9. The smallest absolute Gasteiger partial charge is 0.162 e. The van der Waals surface area contributed by atoms with E-state index >= 15 is 0 Å². The van der Waals surface area contributed by atoms with Crippen molar-refractivity contribution in [1.82, 2.24) is 4.98 Å². The van der Waals surface area contributed by atoms with Crippen molar-refractivity contribution in [2.45, 2.75) is 5.41 Å². The standard InChI is InChI=1S/C52H32N2O/c1-2-13-33(14-3-1)34-25-28-36(29-26-34)54(48-32-53-31-42-40-30-27-35-15-4-5-16-37(35)50(40)55-51(42)48)47-24-12-23-46-49(47)41-19-8-11-22-45(41)52(46)43-20-9-6-17-38(43)39-18-7-10-21-44(39)52/h1-32H. The van der Waals surface area contributed by atoms with Gasteiger partial charge in [-0.1, -0.05) is 158 Å². The fourth-order valence-electron chi connectivity index (χ4n) is 9.72. The second-order valence-electron chi connectivity index (χ2n) is 14.6. The van der Waals surface area contributed by atoms with Crippen molar-refractivity contribution >= 4 is 49.8 Å². The molecule has 256 valence electrons.